The lowest BCUT2D eigenvalue weighted by molar-refractivity contribution is -0.122. The van der Waals surface area contributed by atoms with Gasteiger partial charge in [0.1, 0.15) is 11.5 Å². The minimum atomic E-state index is -0.281. The summed E-state index contributed by atoms with van der Waals surface area (Å²) in [7, 11) is 2.97. The summed E-state index contributed by atoms with van der Waals surface area (Å²) in [4.78, 5) is 23.4. The molecular weight excluding hydrogens is 310 g/mol. The molecule has 8 heteroatoms. The van der Waals surface area contributed by atoms with Crippen molar-refractivity contribution in [2.24, 2.45) is 0 Å². The van der Waals surface area contributed by atoms with Crippen molar-refractivity contribution in [3.05, 3.63) is 17.2 Å². The summed E-state index contributed by atoms with van der Waals surface area (Å²) in [6, 6.07) is 3.13. The van der Waals surface area contributed by atoms with Crippen LogP contribution in [0.4, 0.5) is 5.69 Å². The second-order valence-corrected chi connectivity index (χ2v) is 5.36. The quantitative estimate of drug-likeness (QED) is 0.855. The zero-order chi connectivity index (χ0) is 16.3. The number of nitrogens with one attached hydrogen (secondary N) is 2. The van der Waals surface area contributed by atoms with E-state index in [1.807, 2.05) is 6.92 Å². The first kappa shape index (κ1) is 16.4. The number of halogens is 1. The van der Waals surface area contributed by atoms with Gasteiger partial charge >= 0.3 is 0 Å². The SMILES string of the molecule is COc1cc(NC(=O)CN2NC(=O)CC2C)c(OC)cc1Cl. The van der Waals surface area contributed by atoms with E-state index in [-0.39, 0.29) is 24.4 Å². The highest BCUT2D eigenvalue weighted by atomic mass is 35.5. The van der Waals surface area contributed by atoms with Gasteiger partial charge in [-0.05, 0) is 6.92 Å². The van der Waals surface area contributed by atoms with Crippen LogP contribution in [0.3, 0.4) is 0 Å². The lowest BCUT2D eigenvalue weighted by atomic mass is 10.2. The van der Waals surface area contributed by atoms with Gasteiger partial charge in [0.05, 0.1) is 31.5 Å². The molecule has 0 aromatic heterocycles. The van der Waals surface area contributed by atoms with Crippen LogP contribution in [-0.2, 0) is 9.59 Å². The fraction of sp³-hybridized carbons (Fsp3) is 0.429. The molecule has 0 saturated carbocycles. The highest BCUT2D eigenvalue weighted by Crippen LogP contribution is 2.35. The number of carbonyl (C=O) groups excluding carboxylic acids is 2. The molecule has 2 amide bonds. The van der Waals surface area contributed by atoms with E-state index in [9.17, 15) is 9.59 Å². The summed E-state index contributed by atoms with van der Waals surface area (Å²) in [5.41, 5.74) is 3.09. The molecule has 120 valence electrons. The standard InChI is InChI=1S/C14H18ClN3O4/c1-8-4-13(19)17-18(8)7-14(20)16-10-6-11(21-2)9(15)5-12(10)22-3/h5-6,8H,4,7H2,1-3H3,(H,16,20)(H,17,19). The van der Waals surface area contributed by atoms with E-state index in [0.29, 0.717) is 28.6 Å². The van der Waals surface area contributed by atoms with Crippen molar-refractivity contribution in [1.82, 2.24) is 10.4 Å². The minimum Gasteiger partial charge on any atom is -0.495 e. The Labute approximate surface area is 133 Å². The first-order valence-electron chi connectivity index (χ1n) is 6.72. The van der Waals surface area contributed by atoms with Crippen LogP contribution in [-0.4, -0.2) is 43.6 Å². The zero-order valence-electron chi connectivity index (χ0n) is 12.6. The molecule has 22 heavy (non-hydrogen) atoms. The number of benzene rings is 1. The number of carbonyl (C=O) groups is 2. The van der Waals surface area contributed by atoms with Gasteiger partial charge in [-0.1, -0.05) is 11.6 Å². The predicted octanol–water partition coefficient (Wildman–Crippen LogP) is 1.42. The fourth-order valence-electron chi connectivity index (χ4n) is 2.19. The highest BCUT2D eigenvalue weighted by molar-refractivity contribution is 6.32. The Bertz CT molecular complexity index is 594. The number of ether oxygens (including phenoxy) is 2. The Morgan fingerprint density at radius 1 is 1.41 bits per heavy atom. The molecule has 0 bridgehead atoms. The number of rotatable bonds is 5. The molecule has 1 aliphatic rings. The van der Waals surface area contributed by atoms with Crippen LogP contribution in [0.1, 0.15) is 13.3 Å². The minimum absolute atomic E-state index is 0.0279. The monoisotopic (exact) mass is 327 g/mol. The van der Waals surface area contributed by atoms with Crippen molar-refractivity contribution in [2.45, 2.75) is 19.4 Å². The Kier molecular flexibility index (Phi) is 5.10. The van der Waals surface area contributed by atoms with Crippen LogP contribution in [0.2, 0.25) is 5.02 Å². The molecule has 1 atom stereocenters. The largest absolute Gasteiger partial charge is 0.495 e. The molecule has 7 nitrogen and oxygen atoms in total. The number of hydrogen-bond donors (Lipinski definition) is 2. The molecule has 1 aromatic carbocycles. The third kappa shape index (κ3) is 3.61. The maximum Gasteiger partial charge on any atom is 0.240 e. The number of amides is 2. The summed E-state index contributed by atoms with van der Waals surface area (Å²) in [6.45, 7) is 1.91. The molecule has 0 spiro atoms. The average molecular weight is 328 g/mol. The van der Waals surface area contributed by atoms with Crippen LogP contribution in [0.15, 0.2) is 12.1 Å². The molecule has 2 N–H and O–H groups in total. The van der Waals surface area contributed by atoms with Gasteiger partial charge in [-0.25, -0.2) is 5.01 Å². The van der Waals surface area contributed by atoms with Crippen LogP contribution < -0.4 is 20.2 Å². The fourth-order valence-corrected chi connectivity index (χ4v) is 2.42. The first-order chi connectivity index (χ1) is 10.4. The summed E-state index contributed by atoms with van der Waals surface area (Å²) >= 11 is 6.02. The second kappa shape index (κ2) is 6.85. The van der Waals surface area contributed by atoms with Gasteiger partial charge in [0.25, 0.3) is 0 Å². The molecule has 0 radical (unpaired) electrons. The van der Waals surface area contributed by atoms with Gasteiger partial charge in [0, 0.05) is 24.6 Å². The van der Waals surface area contributed by atoms with Crippen molar-refractivity contribution < 1.29 is 19.1 Å². The van der Waals surface area contributed by atoms with E-state index < -0.39 is 0 Å². The van der Waals surface area contributed by atoms with Crippen molar-refractivity contribution in [2.75, 3.05) is 26.1 Å². The van der Waals surface area contributed by atoms with Crippen molar-refractivity contribution in [3.63, 3.8) is 0 Å². The number of hydrogen-bond acceptors (Lipinski definition) is 5. The van der Waals surface area contributed by atoms with Gasteiger partial charge in [0.15, 0.2) is 0 Å². The third-order valence-corrected chi connectivity index (χ3v) is 3.64. The molecule has 1 heterocycles. The second-order valence-electron chi connectivity index (χ2n) is 4.95. The molecule has 1 aliphatic heterocycles. The van der Waals surface area contributed by atoms with Crippen molar-refractivity contribution in [1.29, 1.82) is 0 Å². The maximum atomic E-state index is 12.1. The molecule has 1 aromatic rings. The van der Waals surface area contributed by atoms with E-state index in [1.54, 1.807) is 17.1 Å². The summed E-state index contributed by atoms with van der Waals surface area (Å²) in [6.07, 6.45) is 0.380. The predicted molar refractivity (Wildman–Crippen MR) is 82.1 cm³/mol. The first-order valence-corrected chi connectivity index (χ1v) is 7.10. The van der Waals surface area contributed by atoms with E-state index in [1.165, 1.54) is 14.2 Å². The van der Waals surface area contributed by atoms with Crippen LogP contribution in [0, 0.1) is 0 Å². The van der Waals surface area contributed by atoms with Crippen LogP contribution in [0.25, 0.3) is 0 Å². The Balaban J connectivity index is 2.09. The van der Waals surface area contributed by atoms with Gasteiger partial charge in [-0.15, -0.1) is 0 Å². The summed E-state index contributed by atoms with van der Waals surface area (Å²) in [5.74, 6) is 0.487. The number of anilines is 1. The Hall–Kier alpha value is -1.99. The van der Waals surface area contributed by atoms with E-state index >= 15 is 0 Å². The lowest BCUT2D eigenvalue weighted by Gasteiger charge is -2.20. The van der Waals surface area contributed by atoms with Crippen LogP contribution >= 0.6 is 11.6 Å². The van der Waals surface area contributed by atoms with Gasteiger partial charge in [0.2, 0.25) is 11.8 Å². The summed E-state index contributed by atoms with van der Waals surface area (Å²) in [5, 5.41) is 4.71. The highest BCUT2D eigenvalue weighted by Gasteiger charge is 2.28. The lowest BCUT2D eigenvalue weighted by Crippen LogP contribution is -2.42. The van der Waals surface area contributed by atoms with E-state index in [2.05, 4.69) is 10.7 Å². The zero-order valence-corrected chi connectivity index (χ0v) is 13.4. The van der Waals surface area contributed by atoms with Crippen LogP contribution in [0.5, 0.6) is 11.5 Å². The Morgan fingerprint density at radius 3 is 2.64 bits per heavy atom. The van der Waals surface area contributed by atoms with Crippen molar-refractivity contribution in [3.8, 4) is 11.5 Å². The number of methoxy groups -OCH3 is 2. The van der Waals surface area contributed by atoms with Gasteiger partial charge in [-0.3, -0.25) is 15.0 Å². The number of nitrogens with zero attached hydrogens (tertiary/aromatic N) is 1. The third-order valence-electron chi connectivity index (χ3n) is 3.34. The maximum absolute atomic E-state index is 12.1. The molecule has 1 fully saturated rings. The molecule has 1 unspecified atom stereocenters. The van der Waals surface area contributed by atoms with Gasteiger partial charge < -0.3 is 14.8 Å². The van der Waals surface area contributed by atoms with E-state index in [4.69, 9.17) is 21.1 Å². The smallest absolute Gasteiger partial charge is 0.240 e. The molecule has 1 saturated heterocycles. The summed E-state index contributed by atoms with van der Waals surface area (Å²) < 4.78 is 10.3. The average Bonchev–Trinajstić information content (AvgIpc) is 2.78. The molecular formula is C14H18ClN3O4. The van der Waals surface area contributed by atoms with Gasteiger partial charge in [-0.2, -0.15) is 0 Å². The molecule has 2 rings (SSSR count). The van der Waals surface area contributed by atoms with E-state index in [0.717, 1.165) is 0 Å². The van der Waals surface area contributed by atoms with Crippen molar-refractivity contribution >= 4 is 29.1 Å². The topological polar surface area (TPSA) is 79.9 Å². The number of hydrazine groups is 1. The Morgan fingerprint density at radius 2 is 2.09 bits per heavy atom. The molecule has 0 aliphatic carbocycles. The normalized spacial score (nSPS) is 18.0.